The lowest BCUT2D eigenvalue weighted by atomic mass is 10.1. The van der Waals surface area contributed by atoms with E-state index in [-0.39, 0.29) is 23.7 Å². The van der Waals surface area contributed by atoms with Crippen LogP contribution in [0.25, 0.3) is 0 Å². The number of nitro benzene ring substituents is 1. The first-order valence-corrected chi connectivity index (χ1v) is 7.38. The van der Waals surface area contributed by atoms with Crippen LogP contribution in [0.15, 0.2) is 54.6 Å². The van der Waals surface area contributed by atoms with Crippen molar-refractivity contribution in [1.29, 1.82) is 0 Å². The second-order valence-corrected chi connectivity index (χ2v) is 5.23. The van der Waals surface area contributed by atoms with Crippen LogP contribution in [0.1, 0.15) is 18.5 Å². The van der Waals surface area contributed by atoms with E-state index < -0.39 is 4.92 Å². The third kappa shape index (κ3) is 2.88. The van der Waals surface area contributed by atoms with Crippen molar-refractivity contribution in [2.75, 3.05) is 11.5 Å². The van der Waals surface area contributed by atoms with Gasteiger partial charge >= 0.3 is 5.97 Å². The number of non-ortho nitro benzene ring substituents is 1. The molecule has 118 valence electrons. The van der Waals surface area contributed by atoms with E-state index in [2.05, 4.69) is 0 Å². The zero-order valence-corrected chi connectivity index (χ0v) is 12.6. The molecule has 1 aliphatic rings. The minimum absolute atomic E-state index is 0.0355. The van der Waals surface area contributed by atoms with E-state index in [1.807, 2.05) is 35.2 Å². The van der Waals surface area contributed by atoms with Gasteiger partial charge in [-0.3, -0.25) is 10.1 Å². The molecule has 1 heterocycles. The molecule has 0 spiro atoms. The molecule has 0 aliphatic carbocycles. The van der Waals surface area contributed by atoms with Gasteiger partial charge in [0.25, 0.3) is 5.69 Å². The van der Waals surface area contributed by atoms with Gasteiger partial charge in [0.05, 0.1) is 17.6 Å². The van der Waals surface area contributed by atoms with Crippen LogP contribution >= 0.6 is 0 Å². The van der Waals surface area contributed by atoms with E-state index in [1.165, 1.54) is 12.1 Å². The Morgan fingerprint density at radius 1 is 1.17 bits per heavy atom. The third-order valence-electron chi connectivity index (χ3n) is 3.84. The van der Waals surface area contributed by atoms with Gasteiger partial charge in [0.15, 0.2) is 6.04 Å². The fourth-order valence-electron chi connectivity index (χ4n) is 2.76. The average Bonchev–Trinajstić information content (AvgIpc) is 3.31. The van der Waals surface area contributed by atoms with E-state index in [1.54, 1.807) is 19.1 Å². The molecule has 0 unspecified atom stereocenters. The lowest BCUT2D eigenvalue weighted by molar-refractivity contribution is -0.384. The second-order valence-electron chi connectivity index (χ2n) is 5.23. The van der Waals surface area contributed by atoms with Crippen molar-refractivity contribution in [3.8, 4) is 0 Å². The van der Waals surface area contributed by atoms with Crippen LogP contribution in [0, 0.1) is 10.1 Å². The van der Waals surface area contributed by atoms with Crippen LogP contribution in [0.3, 0.4) is 0 Å². The van der Waals surface area contributed by atoms with Gasteiger partial charge in [0.2, 0.25) is 0 Å². The Kier molecular flexibility index (Phi) is 3.97. The number of para-hydroxylation sites is 1. The SMILES string of the molecule is CCOC(=O)[C@@H]1[C@H](c2ccc([N+](=O)[O-])cc2)N1c1ccccc1. The van der Waals surface area contributed by atoms with Crippen LogP contribution in [0.5, 0.6) is 0 Å². The minimum Gasteiger partial charge on any atom is -0.464 e. The summed E-state index contributed by atoms with van der Waals surface area (Å²) < 4.78 is 5.14. The summed E-state index contributed by atoms with van der Waals surface area (Å²) in [5.74, 6) is -0.278. The standard InChI is InChI=1S/C17H16N2O4/c1-2-23-17(20)16-15(18(16)13-6-4-3-5-7-13)12-8-10-14(11-9-12)19(21)22/h3-11,15-16H,2H2,1H3/t15-,16-,18?/m0/s1. The summed E-state index contributed by atoms with van der Waals surface area (Å²) >= 11 is 0. The molecular weight excluding hydrogens is 296 g/mol. The lowest BCUT2D eigenvalue weighted by Gasteiger charge is -2.05. The molecule has 2 atom stereocenters. The molecular formula is C17H16N2O4. The summed E-state index contributed by atoms with van der Waals surface area (Å²) in [4.78, 5) is 24.5. The lowest BCUT2D eigenvalue weighted by Crippen LogP contribution is -2.15. The summed E-state index contributed by atoms with van der Waals surface area (Å²) in [6.45, 7) is 2.10. The predicted molar refractivity (Wildman–Crippen MR) is 85.2 cm³/mol. The number of rotatable bonds is 5. The molecule has 1 aliphatic heterocycles. The predicted octanol–water partition coefficient (Wildman–Crippen LogP) is 3.09. The van der Waals surface area contributed by atoms with Crippen LogP contribution in [-0.4, -0.2) is 23.5 Å². The zero-order chi connectivity index (χ0) is 16.4. The Morgan fingerprint density at radius 2 is 1.83 bits per heavy atom. The third-order valence-corrected chi connectivity index (χ3v) is 3.84. The Hall–Kier alpha value is -2.89. The Bertz CT molecular complexity index is 715. The summed E-state index contributed by atoms with van der Waals surface area (Å²) in [7, 11) is 0. The molecule has 3 rings (SSSR count). The first-order chi connectivity index (χ1) is 11.1. The maximum Gasteiger partial charge on any atom is 0.331 e. The first kappa shape index (κ1) is 15.0. The van der Waals surface area contributed by atoms with Gasteiger partial charge < -0.3 is 9.64 Å². The molecule has 1 fully saturated rings. The number of carbonyl (C=O) groups excluding carboxylic acids is 1. The van der Waals surface area contributed by atoms with Crippen molar-refractivity contribution in [1.82, 2.24) is 0 Å². The maximum absolute atomic E-state index is 12.2. The number of esters is 1. The highest BCUT2D eigenvalue weighted by Crippen LogP contribution is 2.47. The molecule has 0 N–H and O–H groups in total. The van der Waals surface area contributed by atoms with Crippen molar-refractivity contribution >= 4 is 17.3 Å². The van der Waals surface area contributed by atoms with Crippen molar-refractivity contribution in [3.63, 3.8) is 0 Å². The molecule has 0 amide bonds. The number of benzene rings is 2. The zero-order valence-electron chi connectivity index (χ0n) is 12.6. The Labute approximate surface area is 133 Å². The van der Waals surface area contributed by atoms with Gasteiger partial charge in [0, 0.05) is 17.8 Å². The molecule has 0 bridgehead atoms. The van der Waals surface area contributed by atoms with Crippen LogP contribution < -0.4 is 4.90 Å². The largest absolute Gasteiger partial charge is 0.464 e. The summed E-state index contributed by atoms with van der Waals surface area (Å²) in [5.41, 5.74) is 1.82. The molecule has 2 aromatic carbocycles. The van der Waals surface area contributed by atoms with E-state index in [9.17, 15) is 14.9 Å². The number of anilines is 1. The number of carbonyl (C=O) groups is 1. The van der Waals surface area contributed by atoms with Gasteiger partial charge in [-0.1, -0.05) is 30.3 Å². The van der Waals surface area contributed by atoms with Crippen molar-refractivity contribution < 1.29 is 14.5 Å². The van der Waals surface area contributed by atoms with Gasteiger partial charge in [-0.2, -0.15) is 0 Å². The van der Waals surface area contributed by atoms with Crippen molar-refractivity contribution in [2.45, 2.75) is 19.0 Å². The van der Waals surface area contributed by atoms with E-state index in [4.69, 9.17) is 4.74 Å². The number of hydrogen-bond donors (Lipinski definition) is 0. The van der Waals surface area contributed by atoms with Gasteiger partial charge in [-0.25, -0.2) is 4.79 Å². The van der Waals surface area contributed by atoms with Crippen LogP contribution in [-0.2, 0) is 9.53 Å². The van der Waals surface area contributed by atoms with Gasteiger partial charge in [0.1, 0.15) is 0 Å². The quantitative estimate of drug-likeness (QED) is 0.367. The molecule has 1 saturated heterocycles. The van der Waals surface area contributed by atoms with E-state index >= 15 is 0 Å². The van der Waals surface area contributed by atoms with Crippen molar-refractivity contribution in [2.24, 2.45) is 0 Å². The number of nitrogens with zero attached hydrogens (tertiary/aromatic N) is 2. The highest BCUT2D eigenvalue weighted by molar-refractivity contribution is 5.88. The average molecular weight is 312 g/mol. The highest BCUT2D eigenvalue weighted by Gasteiger charge is 2.54. The van der Waals surface area contributed by atoms with Crippen molar-refractivity contribution in [3.05, 3.63) is 70.3 Å². The monoisotopic (exact) mass is 312 g/mol. The molecule has 6 nitrogen and oxygen atoms in total. The fraction of sp³-hybridized carbons (Fsp3) is 0.235. The van der Waals surface area contributed by atoms with Crippen LogP contribution in [0.2, 0.25) is 0 Å². The fourth-order valence-corrected chi connectivity index (χ4v) is 2.76. The molecule has 0 radical (unpaired) electrons. The van der Waals surface area contributed by atoms with Gasteiger partial charge in [-0.05, 0) is 24.6 Å². The molecule has 2 aromatic rings. The normalized spacial score (nSPS) is 19.3. The summed E-state index contributed by atoms with van der Waals surface area (Å²) in [5, 5.41) is 10.8. The summed E-state index contributed by atoms with van der Waals surface area (Å²) in [6, 6.07) is 15.3. The van der Waals surface area contributed by atoms with Gasteiger partial charge in [-0.15, -0.1) is 0 Å². The molecule has 0 aromatic heterocycles. The topological polar surface area (TPSA) is 72.5 Å². The van der Waals surface area contributed by atoms with E-state index in [0.717, 1.165) is 11.3 Å². The molecule has 0 saturated carbocycles. The maximum atomic E-state index is 12.2. The first-order valence-electron chi connectivity index (χ1n) is 7.38. The number of ether oxygens (including phenoxy) is 1. The molecule has 23 heavy (non-hydrogen) atoms. The molecule has 6 heteroatoms. The minimum atomic E-state index is -0.436. The summed E-state index contributed by atoms with van der Waals surface area (Å²) in [6.07, 6.45) is 0. The number of nitro groups is 1. The number of hydrogen-bond acceptors (Lipinski definition) is 5. The highest BCUT2D eigenvalue weighted by atomic mass is 16.6. The Morgan fingerprint density at radius 3 is 2.39 bits per heavy atom. The Balaban J connectivity index is 1.89. The smallest absolute Gasteiger partial charge is 0.331 e. The van der Waals surface area contributed by atoms with Crippen LogP contribution in [0.4, 0.5) is 11.4 Å². The second kappa shape index (κ2) is 6.08. The van der Waals surface area contributed by atoms with E-state index in [0.29, 0.717) is 6.61 Å².